The highest BCUT2D eigenvalue weighted by Gasteiger charge is 2.14. The second-order valence-corrected chi connectivity index (χ2v) is 9.91. The maximum Gasteiger partial charge on any atom is 0.409 e. The number of unbranched alkanes of at least 4 members (excludes halogenated alkanes) is 14. The van der Waals surface area contributed by atoms with Crippen LogP contribution in [0, 0.1) is 0 Å². The van der Waals surface area contributed by atoms with E-state index in [0.717, 1.165) is 45.3 Å². The zero-order valence-corrected chi connectivity index (χ0v) is 23.8. The molecule has 206 valence electrons. The molecule has 0 aliphatic heterocycles. The molecule has 1 amide bonds. The lowest BCUT2D eigenvalue weighted by atomic mass is 10.1. The Hall–Kier alpha value is -1.29. The van der Waals surface area contributed by atoms with Crippen LogP contribution in [0.2, 0.25) is 0 Å². The second kappa shape index (κ2) is 28.9. The molecule has 0 saturated carbocycles. The van der Waals surface area contributed by atoms with E-state index in [-0.39, 0.29) is 6.09 Å². The van der Waals surface area contributed by atoms with Gasteiger partial charge >= 0.3 is 6.09 Å². The maximum atomic E-state index is 12.5. The fourth-order valence-electron chi connectivity index (χ4n) is 4.17. The maximum absolute atomic E-state index is 12.5. The van der Waals surface area contributed by atoms with Gasteiger partial charge in [0.1, 0.15) is 0 Å². The van der Waals surface area contributed by atoms with Gasteiger partial charge in [-0.05, 0) is 65.0 Å². The Morgan fingerprint density at radius 3 is 1.71 bits per heavy atom. The number of hydrogen-bond donors (Lipinski definition) is 1. The molecule has 0 atom stereocenters. The molecule has 0 unspecified atom stereocenters. The molecule has 0 bridgehead atoms. The number of carbonyl (C=O) groups is 1. The molecule has 0 aromatic heterocycles. The highest BCUT2D eigenvalue weighted by Crippen LogP contribution is 2.11. The van der Waals surface area contributed by atoms with E-state index in [0.29, 0.717) is 6.61 Å². The summed E-state index contributed by atoms with van der Waals surface area (Å²) in [7, 11) is 1.93. The van der Waals surface area contributed by atoms with E-state index < -0.39 is 0 Å². The van der Waals surface area contributed by atoms with Crippen LogP contribution in [0.1, 0.15) is 136 Å². The number of ether oxygens (including phenoxy) is 1. The van der Waals surface area contributed by atoms with Gasteiger partial charge in [-0.1, -0.05) is 109 Å². The molecule has 0 fully saturated rings. The Labute approximate surface area is 219 Å². The highest BCUT2D eigenvalue weighted by atomic mass is 16.6. The first kappa shape index (κ1) is 33.7. The van der Waals surface area contributed by atoms with Crippen LogP contribution in [0.5, 0.6) is 0 Å². The van der Waals surface area contributed by atoms with E-state index >= 15 is 0 Å². The van der Waals surface area contributed by atoms with Gasteiger partial charge < -0.3 is 15.0 Å². The average Bonchev–Trinajstić information content (AvgIpc) is 2.87. The Morgan fingerprint density at radius 1 is 0.657 bits per heavy atom. The third-order valence-corrected chi connectivity index (χ3v) is 6.47. The quantitative estimate of drug-likeness (QED) is 0.0966. The largest absolute Gasteiger partial charge is 0.449 e. The molecule has 0 rings (SSSR count). The van der Waals surface area contributed by atoms with Crippen molar-refractivity contribution in [1.29, 1.82) is 0 Å². The molecule has 35 heavy (non-hydrogen) atoms. The third-order valence-electron chi connectivity index (χ3n) is 6.47. The van der Waals surface area contributed by atoms with Gasteiger partial charge in [-0.3, -0.25) is 0 Å². The zero-order chi connectivity index (χ0) is 25.7. The molecule has 0 aliphatic carbocycles. The standard InChI is InChI=1S/C31H60N2O2/c1-4-6-8-10-12-13-14-15-16-17-18-19-20-21-23-25-29-33(28-24-22-11-9-7-5-2)31(34)35-30-26-27-32-3/h12-13,15-16,32H,4-11,14,17-30H2,1-3H3/b13-12-,16-15-. The number of carbonyl (C=O) groups excluding carboxylic acids is 1. The molecule has 4 nitrogen and oxygen atoms in total. The van der Waals surface area contributed by atoms with E-state index in [4.69, 9.17) is 4.74 Å². The lowest BCUT2D eigenvalue weighted by molar-refractivity contribution is 0.0997. The lowest BCUT2D eigenvalue weighted by Crippen LogP contribution is -2.34. The van der Waals surface area contributed by atoms with Crippen LogP contribution >= 0.6 is 0 Å². The zero-order valence-electron chi connectivity index (χ0n) is 23.8. The van der Waals surface area contributed by atoms with E-state index in [1.54, 1.807) is 0 Å². The molecule has 0 saturated heterocycles. The lowest BCUT2D eigenvalue weighted by Gasteiger charge is -2.22. The van der Waals surface area contributed by atoms with Gasteiger partial charge in [-0.25, -0.2) is 4.79 Å². The van der Waals surface area contributed by atoms with Crippen LogP contribution in [0.3, 0.4) is 0 Å². The molecule has 0 spiro atoms. The summed E-state index contributed by atoms with van der Waals surface area (Å²) in [6.45, 7) is 7.59. The van der Waals surface area contributed by atoms with Gasteiger partial charge in [-0.2, -0.15) is 0 Å². The summed E-state index contributed by atoms with van der Waals surface area (Å²) in [5.74, 6) is 0. The predicted octanol–water partition coefficient (Wildman–Crippen LogP) is 9.21. The first-order valence-electron chi connectivity index (χ1n) is 15.1. The Kier molecular flexibility index (Phi) is 27.9. The monoisotopic (exact) mass is 492 g/mol. The van der Waals surface area contributed by atoms with E-state index in [1.807, 2.05) is 11.9 Å². The van der Waals surface area contributed by atoms with Crippen molar-refractivity contribution in [2.45, 2.75) is 136 Å². The van der Waals surface area contributed by atoms with E-state index in [1.165, 1.54) is 96.3 Å². The summed E-state index contributed by atoms with van der Waals surface area (Å²) in [6, 6.07) is 0. The first-order valence-corrected chi connectivity index (χ1v) is 15.1. The normalized spacial score (nSPS) is 11.6. The topological polar surface area (TPSA) is 41.6 Å². The van der Waals surface area contributed by atoms with Gasteiger partial charge in [0.15, 0.2) is 0 Å². The van der Waals surface area contributed by atoms with Crippen molar-refractivity contribution in [2.24, 2.45) is 0 Å². The summed E-state index contributed by atoms with van der Waals surface area (Å²) in [4.78, 5) is 14.5. The van der Waals surface area contributed by atoms with Gasteiger partial charge in [0.2, 0.25) is 0 Å². The van der Waals surface area contributed by atoms with Crippen molar-refractivity contribution in [3.05, 3.63) is 24.3 Å². The average molecular weight is 493 g/mol. The molecule has 1 N–H and O–H groups in total. The Morgan fingerprint density at radius 2 is 1.14 bits per heavy atom. The van der Waals surface area contributed by atoms with Crippen LogP contribution in [-0.2, 0) is 4.74 Å². The van der Waals surface area contributed by atoms with Crippen LogP contribution in [0.25, 0.3) is 0 Å². The van der Waals surface area contributed by atoms with Gasteiger partial charge in [0, 0.05) is 13.1 Å². The number of hydrogen-bond acceptors (Lipinski definition) is 3. The Bertz CT molecular complexity index is 490. The summed E-state index contributed by atoms with van der Waals surface area (Å²) in [5, 5.41) is 3.10. The minimum Gasteiger partial charge on any atom is -0.449 e. The van der Waals surface area contributed by atoms with Crippen LogP contribution in [0.4, 0.5) is 4.79 Å². The van der Waals surface area contributed by atoms with Crippen molar-refractivity contribution in [1.82, 2.24) is 10.2 Å². The van der Waals surface area contributed by atoms with Crippen LogP contribution < -0.4 is 5.32 Å². The summed E-state index contributed by atoms with van der Waals surface area (Å²) >= 11 is 0. The molecule has 0 aliphatic rings. The predicted molar refractivity (Wildman–Crippen MR) is 154 cm³/mol. The van der Waals surface area contributed by atoms with E-state index in [9.17, 15) is 4.79 Å². The van der Waals surface area contributed by atoms with Crippen LogP contribution in [0.15, 0.2) is 24.3 Å². The molecular weight excluding hydrogens is 432 g/mol. The molecule has 0 radical (unpaired) electrons. The fourth-order valence-corrected chi connectivity index (χ4v) is 4.17. The molecule has 0 heterocycles. The fraction of sp³-hybridized carbons (Fsp3) is 0.839. The van der Waals surface area contributed by atoms with E-state index in [2.05, 4.69) is 43.5 Å². The number of allylic oxidation sites excluding steroid dienone is 4. The van der Waals surface area contributed by atoms with Crippen molar-refractivity contribution in [3.63, 3.8) is 0 Å². The number of nitrogens with one attached hydrogen (secondary N) is 1. The van der Waals surface area contributed by atoms with Crippen LogP contribution in [-0.4, -0.2) is 44.3 Å². The highest BCUT2D eigenvalue weighted by molar-refractivity contribution is 5.67. The van der Waals surface area contributed by atoms with Crippen molar-refractivity contribution >= 4 is 6.09 Å². The van der Waals surface area contributed by atoms with Gasteiger partial charge in [-0.15, -0.1) is 0 Å². The smallest absolute Gasteiger partial charge is 0.409 e. The third kappa shape index (κ3) is 25.6. The van der Waals surface area contributed by atoms with Crippen molar-refractivity contribution in [3.8, 4) is 0 Å². The summed E-state index contributed by atoms with van der Waals surface area (Å²) in [6.07, 6.45) is 32.5. The van der Waals surface area contributed by atoms with Gasteiger partial charge in [0.25, 0.3) is 0 Å². The number of amides is 1. The molecule has 4 heteroatoms. The minimum atomic E-state index is -0.114. The summed E-state index contributed by atoms with van der Waals surface area (Å²) < 4.78 is 5.52. The summed E-state index contributed by atoms with van der Waals surface area (Å²) in [5.41, 5.74) is 0. The number of nitrogens with zero attached hydrogens (tertiary/aromatic N) is 1. The molecule has 0 aromatic rings. The van der Waals surface area contributed by atoms with Gasteiger partial charge in [0.05, 0.1) is 6.61 Å². The van der Waals surface area contributed by atoms with Crippen molar-refractivity contribution < 1.29 is 9.53 Å². The SMILES string of the molecule is CCCCC/C=C\C/C=C\CCCCCCCCN(CCCCCCCC)C(=O)OCCCNC. The first-order chi connectivity index (χ1) is 17.3. The minimum absolute atomic E-state index is 0.114. The Balaban J connectivity index is 3.87. The molecule has 0 aromatic carbocycles. The second-order valence-electron chi connectivity index (χ2n) is 9.91. The molecular formula is C31H60N2O2. The number of rotatable bonds is 26. The van der Waals surface area contributed by atoms with Crippen molar-refractivity contribution in [2.75, 3.05) is 33.3 Å².